The van der Waals surface area contributed by atoms with Gasteiger partial charge in [-0.2, -0.15) is 0 Å². The van der Waals surface area contributed by atoms with Gasteiger partial charge in [0, 0.05) is 29.6 Å². The maximum Gasteiger partial charge on any atom is 0.0497 e. The number of hydrogen-bond acceptors (Lipinski definition) is 3. The first-order chi connectivity index (χ1) is 9.45. The van der Waals surface area contributed by atoms with Crippen LogP contribution in [0.15, 0.2) is 28.7 Å². The van der Waals surface area contributed by atoms with E-state index in [2.05, 4.69) is 77.9 Å². The Hall–Kier alpha value is -0.420. The third kappa shape index (κ3) is 5.52. The molecule has 1 aromatic carbocycles. The van der Waals surface area contributed by atoms with Crippen LogP contribution in [0.2, 0.25) is 0 Å². The Labute approximate surface area is 132 Å². The fourth-order valence-corrected chi connectivity index (χ4v) is 2.78. The topological polar surface area (TPSA) is 32.5 Å². The van der Waals surface area contributed by atoms with E-state index in [0.29, 0.717) is 0 Å². The SMILES string of the molecule is CCCN(CCN(C)C)C(c1ccc(Br)cc1)C(C)N. The van der Waals surface area contributed by atoms with Gasteiger partial charge in [-0.05, 0) is 51.7 Å². The molecular weight excluding hydrogens is 314 g/mol. The van der Waals surface area contributed by atoms with Crippen molar-refractivity contribution in [1.82, 2.24) is 9.80 Å². The summed E-state index contributed by atoms with van der Waals surface area (Å²) in [5.74, 6) is 0. The standard InChI is InChI=1S/C16H28BrN3/c1-5-10-20(12-11-19(3)4)16(13(2)18)14-6-8-15(17)9-7-14/h6-9,13,16H,5,10-12,18H2,1-4H3. The van der Waals surface area contributed by atoms with Crippen molar-refractivity contribution in [2.75, 3.05) is 33.7 Å². The van der Waals surface area contributed by atoms with Crippen LogP contribution >= 0.6 is 15.9 Å². The van der Waals surface area contributed by atoms with Crippen molar-refractivity contribution in [3.05, 3.63) is 34.3 Å². The predicted molar refractivity (Wildman–Crippen MR) is 91.0 cm³/mol. The van der Waals surface area contributed by atoms with Gasteiger partial charge in [0.25, 0.3) is 0 Å². The summed E-state index contributed by atoms with van der Waals surface area (Å²) in [4.78, 5) is 4.73. The van der Waals surface area contributed by atoms with Gasteiger partial charge in [-0.15, -0.1) is 0 Å². The fraction of sp³-hybridized carbons (Fsp3) is 0.625. The largest absolute Gasteiger partial charge is 0.326 e. The van der Waals surface area contributed by atoms with Crippen molar-refractivity contribution in [2.24, 2.45) is 5.73 Å². The molecule has 2 atom stereocenters. The molecule has 20 heavy (non-hydrogen) atoms. The third-order valence-electron chi connectivity index (χ3n) is 3.45. The minimum atomic E-state index is 0.116. The van der Waals surface area contributed by atoms with Gasteiger partial charge in [0.2, 0.25) is 0 Å². The van der Waals surface area contributed by atoms with E-state index in [1.807, 2.05) is 0 Å². The van der Waals surface area contributed by atoms with Crippen molar-refractivity contribution in [3.8, 4) is 0 Å². The van der Waals surface area contributed by atoms with Crippen LogP contribution in [0.25, 0.3) is 0 Å². The second kappa shape index (κ2) is 8.78. The van der Waals surface area contributed by atoms with Crippen LogP contribution in [-0.2, 0) is 0 Å². The molecule has 0 spiro atoms. The van der Waals surface area contributed by atoms with Gasteiger partial charge in [-0.1, -0.05) is 35.0 Å². The Bertz CT molecular complexity index is 376. The first-order valence-corrected chi connectivity index (χ1v) is 8.14. The first kappa shape index (κ1) is 17.6. The van der Waals surface area contributed by atoms with E-state index in [0.717, 1.165) is 30.5 Å². The number of benzene rings is 1. The third-order valence-corrected chi connectivity index (χ3v) is 3.98. The maximum atomic E-state index is 6.28. The van der Waals surface area contributed by atoms with E-state index < -0.39 is 0 Å². The summed E-state index contributed by atoms with van der Waals surface area (Å²) < 4.78 is 1.11. The summed E-state index contributed by atoms with van der Waals surface area (Å²) in [6, 6.07) is 8.95. The summed E-state index contributed by atoms with van der Waals surface area (Å²) in [6.07, 6.45) is 1.15. The zero-order valence-corrected chi connectivity index (χ0v) is 14.7. The molecule has 0 aliphatic carbocycles. The van der Waals surface area contributed by atoms with Crippen LogP contribution in [0.1, 0.15) is 31.9 Å². The highest BCUT2D eigenvalue weighted by Gasteiger charge is 2.23. The average molecular weight is 342 g/mol. The minimum Gasteiger partial charge on any atom is -0.326 e. The fourth-order valence-electron chi connectivity index (χ4n) is 2.51. The smallest absolute Gasteiger partial charge is 0.0497 e. The molecule has 0 heterocycles. The molecule has 2 unspecified atom stereocenters. The van der Waals surface area contributed by atoms with Crippen molar-refractivity contribution >= 4 is 15.9 Å². The van der Waals surface area contributed by atoms with Gasteiger partial charge < -0.3 is 10.6 Å². The number of nitrogens with two attached hydrogens (primary N) is 1. The van der Waals surface area contributed by atoms with Crippen LogP contribution in [0, 0.1) is 0 Å². The molecule has 0 bridgehead atoms. The molecule has 0 amide bonds. The molecule has 4 heteroatoms. The molecule has 0 aliphatic rings. The van der Waals surface area contributed by atoms with Gasteiger partial charge in [0.05, 0.1) is 0 Å². The summed E-state index contributed by atoms with van der Waals surface area (Å²) >= 11 is 3.50. The van der Waals surface area contributed by atoms with Crippen molar-refractivity contribution < 1.29 is 0 Å². The highest BCUT2D eigenvalue weighted by Crippen LogP contribution is 2.25. The van der Waals surface area contributed by atoms with E-state index in [9.17, 15) is 0 Å². The van der Waals surface area contributed by atoms with Crippen molar-refractivity contribution in [2.45, 2.75) is 32.4 Å². The van der Waals surface area contributed by atoms with E-state index >= 15 is 0 Å². The zero-order chi connectivity index (χ0) is 15.1. The molecule has 0 saturated carbocycles. The average Bonchev–Trinajstić information content (AvgIpc) is 2.38. The van der Waals surface area contributed by atoms with Gasteiger partial charge in [-0.25, -0.2) is 0 Å². The Morgan fingerprint density at radius 2 is 1.70 bits per heavy atom. The highest BCUT2D eigenvalue weighted by atomic mass is 79.9. The number of halogens is 1. The van der Waals surface area contributed by atoms with Crippen LogP contribution in [0.4, 0.5) is 0 Å². The molecule has 0 radical (unpaired) electrons. The Balaban J connectivity index is 2.91. The molecule has 3 nitrogen and oxygen atoms in total. The van der Waals surface area contributed by atoms with Crippen LogP contribution in [-0.4, -0.2) is 49.6 Å². The number of rotatable bonds is 8. The normalized spacial score (nSPS) is 14.8. The summed E-state index contributed by atoms with van der Waals surface area (Å²) in [5.41, 5.74) is 7.58. The number of hydrogen-bond donors (Lipinski definition) is 1. The minimum absolute atomic E-state index is 0.116. The molecule has 1 aromatic rings. The lowest BCUT2D eigenvalue weighted by Gasteiger charge is -2.35. The summed E-state index contributed by atoms with van der Waals surface area (Å²) in [7, 11) is 4.23. The monoisotopic (exact) mass is 341 g/mol. The molecule has 0 aromatic heterocycles. The number of nitrogens with zero attached hydrogens (tertiary/aromatic N) is 2. The first-order valence-electron chi connectivity index (χ1n) is 7.35. The van der Waals surface area contributed by atoms with Gasteiger partial charge in [0.15, 0.2) is 0 Å². The van der Waals surface area contributed by atoms with Crippen molar-refractivity contribution in [1.29, 1.82) is 0 Å². The van der Waals surface area contributed by atoms with Crippen molar-refractivity contribution in [3.63, 3.8) is 0 Å². The van der Waals surface area contributed by atoms with Gasteiger partial charge in [-0.3, -0.25) is 4.90 Å². The molecule has 1 rings (SSSR count). The maximum absolute atomic E-state index is 6.28. The molecule has 0 saturated heterocycles. The van der Waals surface area contributed by atoms with E-state index in [-0.39, 0.29) is 12.1 Å². The summed E-state index contributed by atoms with van der Waals surface area (Å²) in [5, 5.41) is 0. The van der Waals surface area contributed by atoms with E-state index in [1.165, 1.54) is 5.56 Å². The molecular formula is C16H28BrN3. The molecule has 2 N–H and O–H groups in total. The second-order valence-corrected chi connectivity index (χ2v) is 6.61. The Morgan fingerprint density at radius 3 is 2.15 bits per heavy atom. The lowest BCUT2D eigenvalue weighted by Crippen LogP contribution is -2.42. The lowest BCUT2D eigenvalue weighted by molar-refractivity contribution is 0.161. The van der Waals surface area contributed by atoms with Crippen LogP contribution in [0.5, 0.6) is 0 Å². The van der Waals surface area contributed by atoms with Gasteiger partial charge in [0.1, 0.15) is 0 Å². The zero-order valence-electron chi connectivity index (χ0n) is 13.1. The highest BCUT2D eigenvalue weighted by molar-refractivity contribution is 9.10. The van der Waals surface area contributed by atoms with E-state index in [1.54, 1.807) is 0 Å². The second-order valence-electron chi connectivity index (χ2n) is 5.69. The van der Waals surface area contributed by atoms with Crippen LogP contribution < -0.4 is 5.73 Å². The summed E-state index contributed by atoms with van der Waals surface area (Å²) in [6.45, 7) is 7.51. The number of likely N-dealkylation sites (N-methyl/N-ethyl adjacent to an activating group) is 1. The van der Waals surface area contributed by atoms with E-state index in [4.69, 9.17) is 5.73 Å². The lowest BCUT2D eigenvalue weighted by atomic mass is 9.99. The Kier molecular flexibility index (Phi) is 7.74. The quantitative estimate of drug-likeness (QED) is 0.788. The Morgan fingerprint density at radius 1 is 1.10 bits per heavy atom. The molecule has 114 valence electrons. The van der Waals surface area contributed by atoms with Crippen LogP contribution in [0.3, 0.4) is 0 Å². The molecule has 0 aliphatic heterocycles. The predicted octanol–water partition coefficient (Wildman–Crippen LogP) is 3.11. The van der Waals surface area contributed by atoms with Gasteiger partial charge >= 0.3 is 0 Å². The molecule has 0 fully saturated rings.